The Labute approximate surface area is 196 Å². The van der Waals surface area contributed by atoms with E-state index in [0.29, 0.717) is 11.3 Å². The first-order valence-electron chi connectivity index (χ1n) is 9.05. The third kappa shape index (κ3) is 4.03. The van der Waals surface area contributed by atoms with E-state index in [1.54, 1.807) is 42.5 Å². The van der Waals surface area contributed by atoms with Crippen LogP contribution in [-0.4, -0.2) is 28.0 Å². The van der Waals surface area contributed by atoms with Gasteiger partial charge in [0, 0.05) is 5.56 Å². The van der Waals surface area contributed by atoms with E-state index in [9.17, 15) is 14.4 Å². The number of hydrogen-bond donors (Lipinski definition) is 2. The van der Waals surface area contributed by atoms with Gasteiger partial charge in [0.2, 0.25) is 0 Å². The second-order valence-corrected chi connectivity index (χ2v) is 7.79. The quantitative estimate of drug-likeness (QED) is 0.312. The van der Waals surface area contributed by atoms with Crippen LogP contribution in [0.2, 0.25) is 10.0 Å². The van der Waals surface area contributed by atoms with Crippen molar-refractivity contribution >= 4 is 70.1 Å². The summed E-state index contributed by atoms with van der Waals surface area (Å²) in [7, 11) is 0. The highest BCUT2D eigenvalue weighted by Gasteiger charge is 2.36. The molecule has 0 saturated carbocycles. The van der Waals surface area contributed by atoms with Crippen molar-refractivity contribution in [2.24, 2.45) is 0 Å². The molecule has 4 rings (SSSR count). The van der Waals surface area contributed by atoms with E-state index in [-0.39, 0.29) is 37.7 Å². The van der Waals surface area contributed by atoms with Gasteiger partial charge in [0.05, 0.1) is 21.3 Å². The third-order valence-corrected chi connectivity index (χ3v) is 5.70. The predicted molar refractivity (Wildman–Crippen MR) is 124 cm³/mol. The fourth-order valence-corrected chi connectivity index (χ4v) is 3.70. The van der Waals surface area contributed by atoms with Crippen LogP contribution in [0.15, 0.2) is 64.6 Å². The first kappa shape index (κ1) is 21.8. The Morgan fingerprint density at radius 3 is 2.47 bits per heavy atom. The Balaban J connectivity index is 1.67. The van der Waals surface area contributed by atoms with Crippen LogP contribution in [0, 0.1) is 0 Å². The largest absolute Gasteiger partial charge is 0.478 e. The first-order chi connectivity index (χ1) is 15.3. The number of halogens is 2. The van der Waals surface area contributed by atoms with E-state index in [1.807, 2.05) is 0 Å². The van der Waals surface area contributed by atoms with Gasteiger partial charge in [-0.25, -0.2) is 4.79 Å². The lowest BCUT2D eigenvalue weighted by Crippen LogP contribution is -2.54. The molecule has 2 aromatic carbocycles. The lowest BCUT2D eigenvalue weighted by Gasteiger charge is -2.29. The van der Waals surface area contributed by atoms with Crippen LogP contribution in [0.1, 0.15) is 16.1 Å². The highest BCUT2D eigenvalue weighted by atomic mass is 35.5. The molecule has 1 saturated heterocycles. The number of furan rings is 1. The Morgan fingerprint density at radius 2 is 1.78 bits per heavy atom. The molecule has 0 atom stereocenters. The molecule has 0 bridgehead atoms. The fourth-order valence-electron chi connectivity index (χ4n) is 3.05. The summed E-state index contributed by atoms with van der Waals surface area (Å²) in [6.07, 6.45) is 1.29. The number of anilines is 1. The minimum absolute atomic E-state index is 0.116. The summed E-state index contributed by atoms with van der Waals surface area (Å²) >= 11 is 17.4. The van der Waals surface area contributed by atoms with Gasteiger partial charge in [-0.2, -0.15) is 0 Å². The van der Waals surface area contributed by atoms with Gasteiger partial charge in [-0.1, -0.05) is 41.4 Å². The predicted octanol–water partition coefficient (Wildman–Crippen LogP) is 4.78. The van der Waals surface area contributed by atoms with Gasteiger partial charge in [-0.3, -0.25) is 19.8 Å². The maximum absolute atomic E-state index is 13.1. The number of carbonyl (C=O) groups excluding carboxylic acids is 2. The molecular formula is C22H12Cl2N2O5S. The van der Waals surface area contributed by atoms with Crippen molar-refractivity contribution in [2.45, 2.75) is 0 Å². The van der Waals surface area contributed by atoms with Gasteiger partial charge >= 0.3 is 5.97 Å². The van der Waals surface area contributed by atoms with Crippen LogP contribution in [0.3, 0.4) is 0 Å². The average Bonchev–Trinajstić information content (AvgIpc) is 3.23. The van der Waals surface area contributed by atoms with Crippen LogP contribution in [0.5, 0.6) is 0 Å². The Kier molecular flexibility index (Phi) is 5.84. The van der Waals surface area contributed by atoms with Crippen LogP contribution < -0.4 is 10.2 Å². The van der Waals surface area contributed by atoms with Crippen molar-refractivity contribution in [1.29, 1.82) is 0 Å². The molecule has 0 radical (unpaired) electrons. The molecular weight excluding hydrogens is 475 g/mol. The topological polar surface area (TPSA) is 99.9 Å². The summed E-state index contributed by atoms with van der Waals surface area (Å²) < 4.78 is 5.73. The van der Waals surface area contributed by atoms with E-state index < -0.39 is 17.8 Å². The summed E-state index contributed by atoms with van der Waals surface area (Å²) in [5.74, 6) is -1.73. The zero-order valence-electron chi connectivity index (χ0n) is 16.0. The molecule has 2 heterocycles. The maximum Gasteiger partial charge on any atom is 0.335 e. The summed E-state index contributed by atoms with van der Waals surface area (Å²) in [6.45, 7) is 0. The van der Waals surface area contributed by atoms with E-state index >= 15 is 0 Å². The smallest absolute Gasteiger partial charge is 0.335 e. The number of carbonyl (C=O) groups is 3. The average molecular weight is 487 g/mol. The molecule has 7 nitrogen and oxygen atoms in total. The van der Waals surface area contributed by atoms with Gasteiger partial charge in [-0.05, 0) is 54.7 Å². The van der Waals surface area contributed by atoms with Gasteiger partial charge in [-0.15, -0.1) is 0 Å². The lowest BCUT2D eigenvalue weighted by molar-refractivity contribution is -0.122. The molecule has 1 fully saturated rings. The van der Waals surface area contributed by atoms with Gasteiger partial charge in [0.1, 0.15) is 17.1 Å². The molecule has 1 aromatic heterocycles. The van der Waals surface area contributed by atoms with Crippen LogP contribution in [0.25, 0.3) is 17.4 Å². The molecule has 1 aliphatic rings. The molecule has 2 N–H and O–H groups in total. The van der Waals surface area contributed by atoms with Crippen LogP contribution in [0.4, 0.5) is 5.69 Å². The molecule has 32 heavy (non-hydrogen) atoms. The lowest BCUT2D eigenvalue weighted by atomic mass is 10.1. The Morgan fingerprint density at radius 1 is 1.06 bits per heavy atom. The molecule has 0 spiro atoms. The number of hydrogen-bond acceptors (Lipinski definition) is 5. The number of benzene rings is 2. The highest BCUT2D eigenvalue weighted by Crippen LogP contribution is 2.34. The number of aromatic carboxylic acids is 1. The number of amides is 2. The van der Waals surface area contributed by atoms with Crippen molar-refractivity contribution in [3.63, 3.8) is 0 Å². The monoisotopic (exact) mass is 486 g/mol. The molecule has 0 aliphatic carbocycles. The molecule has 3 aromatic rings. The number of thiocarbonyl (C=S) groups is 1. The Hall–Kier alpha value is -3.46. The van der Waals surface area contributed by atoms with E-state index in [0.717, 1.165) is 4.90 Å². The van der Waals surface area contributed by atoms with E-state index in [4.69, 9.17) is 44.9 Å². The van der Waals surface area contributed by atoms with Gasteiger partial charge in [0.15, 0.2) is 5.11 Å². The second-order valence-electron chi connectivity index (χ2n) is 6.62. The number of carboxylic acids is 1. The van der Waals surface area contributed by atoms with Crippen molar-refractivity contribution in [2.75, 3.05) is 4.90 Å². The van der Waals surface area contributed by atoms with E-state index in [1.165, 1.54) is 18.2 Å². The SMILES string of the molecule is O=C1NC(=S)N(c2cccc(Cl)c2Cl)C(=O)/C1=C\c1ccc(-c2ccc(C(=O)O)cc2)o1. The van der Waals surface area contributed by atoms with Crippen molar-refractivity contribution < 1.29 is 23.9 Å². The summed E-state index contributed by atoms with van der Waals surface area (Å²) in [5.41, 5.74) is 0.797. The molecule has 160 valence electrons. The second kappa shape index (κ2) is 8.58. The highest BCUT2D eigenvalue weighted by molar-refractivity contribution is 7.80. The van der Waals surface area contributed by atoms with Crippen LogP contribution in [-0.2, 0) is 9.59 Å². The van der Waals surface area contributed by atoms with Crippen molar-refractivity contribution in [3.8, 4) is 11.3 Å². The van der Waals surface area contributed by atoms with Gasteiger partial charge < -0.3 is 9.52 Å². The summed E-state index contributed by atoms with van der Waals surface area (Å²) in [5, 5.41) is 11.7. The molecule has 1 aliphatic heterocycles. The van der Waals surface area contributed by atoms with Gasteiger partial charge in [0.25, 0.3) is 11.8 Å². The standard InChI is InChI=1S/C22H12Cl2N2O5S/c23-15-2-1-3-16(18(15)24)26-20(28)14(19(27)25-22(26)32)10-13-8-9-17(31-13)11-4-6-12(7-5-11)21(29)30/h1-10H,(H,29,30)(H,25,27,32)/b14-10-. The zero-order chi connectivity index (χ0) is 23.0. The van der Waals surface area contributed by atoms with Crippen LogP contribution >= 0.6 is 35.4 Å². The normalized spacial score (nSPS) is 15.2. The number of nitrogens with zero attached hydrogens (tertiary/aromatic N) is 1. The first-order valence-corrected chi connectivity index (χ1v) is 10.2. The summed E-state index contributed by atoms with van der Waals surface area (Å²) in [4.78, 5) is 37.6. The summed E-state index contributed by atoms with van der Waals surface area (Å²) in [6, 6.07) is 14.0. The minimum Gasteiger partial charge on any atom is -0.478 e. The molecule has 2 amide bonds. The molecule has 10 heteroatoms. The van der Waals surface area contributed by atoms with Crippen molar-refractivity contribution in [1.82, 2.24) is 5.32 Å². The number of carboxylic acid groups (broad SMARTS) is 1. The zero-order valence-corrected chi connectivity index (χ0v) is 18.3. The third-order valence-electron chi connectivity index (χ3n) is 4.60. The fraction of sp³-hybridized carbons (Fsp3) is 0. The number of nitrogens with one attached hydrogen (secondary N) is 1. The molecule has 0 unspecified atom stereocenters. The Bertz CT molecular complexity index is 1310. The number of rotatable bonds is 4. The van der Waals surface area contributed by atoms with E-state index in [2.05, 4.69) is 5.32 Å². The maximum atomic E-state index is 13.1. The van der Waals surface area contributed by atoms with Crippen molar-refractivity contribution in [3.05, 3.63) is 81.5 Å². The minimum atomic E-state index is -1.04.